The molecule has 0 amide bonds. The number of anilines is 8. The molecule has 0 bridgehead atoms. The number of hydrogen-bond donors (Lipinski definition) is 0. The summed E-state index contributed by atoms with van der Waals surface area (Å²) in [5.41, 5.74) is 31.9. The second-order valence-corrected chi connectivity index (χ2v) is 31.4. The maximum atomic E-state index is 2.83. The Kier molecular flexibility index (Phi) is 11.4. The van der Waals surface area contributed by atoms with Gasteiger partial charge in [-0.3, -0.25) is 0 Å². The van der Waals surface area contributed by atoms with Gasteiger partial charge >= 0.3 is 0 Å². The number of nitrogens with zero attached hydrogens (tertiary/aromatic N) is 3. The average molecular weight is 1090 g/mol. The SMILES string of the molecule is Cc1cc2c3c(c1)N(c1ccc(C(C)(C)C)cc1-c1ccccc1)c1cc4c(cc1B3c1ccc(N3c5ccc(C(C)(C)C)cc5C5(C)CCCCC35C)cc1N2c1cc2c(cc1C)C(C)(C)c1ccccc1C2(C)C)C(C)(C)CC4(C)C. The van der Waals surface area contributed by atoms with Crippen molar-refractivity contribution < 1.29 is 0 Å². The Labute approximate surface area is 498 Å². The molecule has 3 aliphatic heterocycles. The van der Waals surface area contributed by atoms with Crippen LogP contribution >= 0.6 is 0 Å². The molecule has 4 heteroatoms. The van der Waals surface area contributed by atoms with Crippen molar-refractivity contribution in [2.75, 3.05) is 14.7 Å². The zero-order chi connectivity index (χ0) is 58.7. The van der Waals surface area contributed by atoms with Crippen molar-refractivity contribution in [2.45, 2.75) is 200 Å². The van der Waals surface area contributed by atoms with Crippen LogP contribution in [0, 0.1) is 13.8 Å². The van der Waals surface area contributed by atoms with E-state index in [1.54, 1.807) is 0 Å². The van der Waals surface area contributed by atoms with Gasteiger partial charge in [0, 0.05) is 61.6 Å². The first-order valence-corrected chi connectivity index (χ1v) is 31.5. The van der Waals surface area contributed by atoms with Gasteiger partial charge < -0.3 is 14.7 Å². The molecule has 1 saturated carbocycles. The van der Waals surface area contributed by atoms with Gasteiger partial charge in [0.05, 0.1) is 11.2 Å². The van der Waals surface area contributed by atoms with E-state index in [0.717, 1.165) is 12.8 Å². The molecule has 3 aliphatic carbocycles. The van der Waals surface area contributed by atoms with Crippen LogP contribution in [0.15, 0.2) is 146 Å². The van der Waals surface area contributed by atoms with Crippen LogP contribution in [0.5, 0.6) is 0 Å². The van der Waals surface area contributed by atoms with E-state index in [1.165, 1.54) is 153 Å². The Morgan fingerprint density at radius 2 is 0.964 bits per heavy atom. The van der Waals surface area contributed by atoms with E-state index in [2.05, 4.69) is 285 Å². The van der Waals surface area contributed by atoms with Crippen molar-refractivity contribution in [1.82, 2.24) is 0 Å². The molecule has 0 spiro atoms. The third kappa shape index (κ3) is 7.54. The number of rotatable bonds is 4. The molecule has 14 rings (SSSR count). The second-order valence-electron chi connectivity index (χ2n) is 31.4. The fourth-order valence-corrected chi connectivity index (χ4v) is 17.7. The van der Waals surface area contributed by atoms with Gasteiger partial charge in [0.1, 0.15) is 0 Å². The molecule has 83 heavy (non-hydrogen) atoms. The minimum Gasteiger partial charge on any atom is -0.334 e. The molecule has 422 valence electrons. The minimum absolute atomic E-state index is 0.00231. The summed E-state index contributed by atoms with van der Waals surface area (Å²) in [6.45, 7) is 43.9. The molecule has 8 aromatic rings. The Balaban J connectivity index is 1.09. The molecule has 0 N–H and O–H groups in total. The smallest absolute Gasteiger partial charge is 0.252 e. The summed E-state index contributed by atoms with van der Waals surface area (Å²) in [7, 11) is 0. The Bertz CT molecular complexity index is 4060. The Morgan fingerprint density at radius 1 is 0.422 bits per heavy atom. The summed E-state index contributed by atoms with van der Waals surface area (Å²) in [6, 6.07) is 58.8. The first-order chi connectivity index (χ1) is 39.0. The van der Waals surface area contributed by atoms with E-state index in [4.69, 9.17) is 0 Å². The number of fused-ring (bicyclic) bond motifs is 10. The van der Waals surface area contributed by atoms with Gasteiger partial charge in [0.2, 0.25) is 0 Å². The van der Waals surface area contributed by atoms with Crippen LogP contribution in [0.1, 0.15) is 204 Å². The summed E-state index contributed by atoms with van der Waals surface area (Å²) in [5, 5.41) is 0. The van der Waals surface area contributed by atoms with Gasteiger partial charge in [-0.15, -0.1) is 0 Å². The molecule has 3 heterocycles. The zero-order valence-corrected chi connectivity index (χ0v) is 53.3. The molecule has 6 aliphatic rings. The fraction of sp³-hybridized carbons (Fsp3) is 0.392. The van der Waals surface area contributed by atoms with Gasteiger partial charge in [0.25, 0.3) is 6.71 Å². The maximum Gasteiger partial charge on any atom is 0.252 e. The van der Waals surface area contributed by atoms with Crippen LogP contribution in [0.4, 0.5) is 45.5 Å². The van der Waals surface area contributed by atoms with Crippen LogP contribution < -0.4 is 31.1 Å². The van der Waals surface area contributed by atoms with Crippen LogP contribution in [-0.2, 0) is 37.9 Å². The molecular weight excluding hydrogens is 1000 g/mol. The van der Waals surface area contributed by atoms with Crippen LogP contribution in [0.3, 0.4) is 0 Å². The highest BCUT2D eigenvalue weighted by Gasteiger charge is 2.58. The van der Waals surface area contributed by atoms with Crippen molar-refractivity contribution in [2.24, 2.45) is 0 Å². The van der Waals surface area contributed by atoms with E-state index < -0.39 is 0 Å². The Morgan fingerprint density at radius 3 is 1.60 bits per heavy atom. The molecule has 0 radical (unpaired) electrons. The minimum atomic E-state index is -0.228. The summed E-state index contributed by atoms with van der Waals surface area (Å²) in [4.78, 5) is 8.30. The maximum absolute atomic E-state index is 2.83. The van der Waals surface area contributed by atoms with E-state index in [1.807, 2.05) is 0 Å². The molecule has 3 nitrogen and oxygen atoms in total. The van der Waals surface area contributed by atoms with E-state index in [0.29, 0.717) is 0 Å². The molecule has 1 fully saturated rings. The lowest BCUT2D eigenvalue weighted by Crippen LogP contribution is -2.61. The second kappa shape index (κ2) is 17.4. The van der Waals surface area contributed by atoms with Crippen molar-refractivity contribution in [1.29, 1.82) is 0 Å². The number of hydrogen-bond acceptors (Lipinski definition) is 3. The standard InChI is InChI=1S/C79H88BN3/c1-48-38-69-71-70(39-48)82(66-46-60-59(40-49(66)2)76(13,14)55-28-22-23-29-56(55)77(60,15)16)67-43-53(83-65-35-31-52(73(6,7)8)42-61(65)78(17)36-24-25-37-79(78,83)18)32-33-62(67)80(71)63-44-57-58(75(11,12)47-74(57,9)10)45-68(63)81(69)64-34-30-51(72(3,4)5)41-54(64)50-26-20-19-21-27-50/h19-23,26-35,38-46H,24-25,36-37,47H2,1-18H3. The summed E-state index contributed by atoms with van der Waals surface area (Å²) in [5.74, 6) is 0. The van der Waals surface area contributed by atoms with E-state index in [-0.39, 0.29) is 50.2 Å². The van der Waals surface area contributed by atoms with Gasteiger partial charge in [0.15, 0.2) is 0 Å². The number of benzene rings is 8. The predicted octanol–water partition coefficient (Wildman–Crippen LogP) is 19.3. The molecule has 0 aromatic heterocycles. The van der Waals surface area contributed by atoms with Crippen LogP contribution in [0.25, 0.3) is 11.1 Å². The van der Waals surface area contributed by atoms with Crippen LogP contribution in [-0.4, -0.2) is 12.3 Å². The lowest BCUT2D eigenvalue weighted by molar-refractivity contribution is 0.195. The largest absolute Gasteiger partial charge is 0.334 e. The average Bonchev–Trinajstić information content (AvgIpc) is 1.84. The lowest BCUT2D eigenvalue weighted by atomic mass is 9.33. The van der Waals surface area contributed by atoms with E-state index >= 15 is 0 Å². The van der Waals surface area contributed by atoms with Crippen molar-refractivity contribution >= 4 is 68.6 Å². The monoisotopic (exact) mass is 1090 g/mol. The molecular formula is C79H88BN3. The van der Waals surface area contributed by atoms with Gasteiger partial charge in [-0.25, -0.2) is 0 Å². The fourth-order valence-electron chi connectivity index (χ4n) is 17.7. The zero-order valence-electron chi connectivity index (χ0n) is 53.3. The third-order valence-corrected chi connectivity index (χ3v) is 22.3. The van der Waals surface area contributed by atoms with Crippen molar-refractivity contribution in [3.05, 3.63) is 207 Å². The Hall–Kier alpha value is -6.78. The summed E-state index contributed by atoms with van der Waals surface area (Å²) in [6.07, 6.45) is 5.93. The van der Waals surface area contributed by atoms with Crippen molar-refractivity contribution in [3.8, 4) is 11.1 Å². The first-order valence-electron chi connectivity index (χ1n) is 31.5. The number of aryl methyl sites for hydroxylation is 2. The highest BCUT2D eigenvalue weighted by atomic mass is 15.3. The highest BCUT2D eigenvalue weighted by Crippen LogP contribution is 2.63. The first kappa shape index (κ1) is 54.2. The van der Waals surface area contributed by atoms with Crippen molar-refractivity contribution in [3.63, 3.8) is 0 Å². The summed E-state index contributed by atoms with van der Waals surface area (Å²) >= 11 is 0. The normalized spacial score (nSPS) is 21.8. The van der Waals surface area contributed by atoms with Crippen LogP contribution in [0.2, 0.25) is 0 Å². The van der Waals surface area contributed by atoms with Gasteiger partial charge in [-0.2, -0.15) is 0 Å². The molecule has 8 aromatic carbocycles. The third-order valence-electron chi connectivity index (χ3n) is 22.3. The quantitative estimate of drug-likeness (QED) is 0.163. The molecule has 2 atom stereocenters. The predicted molar refractivity (Wildman–Crippen MR) is 357 cm³/mol. The topological polar surface area (TPSA) is 9.72 Å². The van der Waals surface area contributed by atoms with Gasteiger partial charge in [-0.1, -0.05) is 208 Å². The molecule has 2 unspecified atom stereocenters. The molecule has 0 saturated heterocycles. The lowest BCUT2D eigenvalue weighted by Gasteiger charge is -2.51. The van der Waals surface area contributed by atoms with Gasteiger partial charge in [-0.05, 0) is 199 Å². The summed E-state index contributed by atoms with van der Waals surface area (Å²) < 4.78 is 0. The van der Waals surface area contributed by atoms with E-state index in [9.17, 15) is 0 Å². The highest BCUT2D eigenvalue weighted by molar-refractivity contribution is 7.00.